The van der Waals surface area contributed by atoms with Gasteiger partial charge in [-0.3, -0.25) is 4.31 Å². The van der Waals surface area contributed by atoms with Crippen LogP contribution in [0.15, 0.2) is 47.3 Å². The van der Waals surface area contributed by atoms with Crippen LogP contribution in [0.25, 0.3) is 0 Å². The Kier molecular flexibility index (Phi) is 5.71. The van der Waals surface area contributed by atoms with Crippen molar-refractivity contribution in [3.05, 3.63) is 48.4 Å². The molecule has 0 saturated heterocycles. The van der Waals surface area contributed by atoms with Gasteiger partial charge < -0.3 is 9.73 Å². The Morgan fingerprint density at radius 3 is 2.39 bits per heavy atom. The molecule has 0 fully saturated rings. The van der Waals surface area contributed by atoms with E-state index in [2.05, 4.69) is 5.32 Å². The molecule has 0 bridgehead atoms. The zero-order valence-electron chi connectivity index (χ0n) is 13.8. The summed E-state index contributed by atoms with van der Waals surface area (Å²) in [7, 11) is -3.31. The van der Waals surface area contributed by atoms with Gasteiger partial charge in [-0.1, -0.05) is 6.92 Å². The molecule has 6 heteroatoms. The number of sulfonamides is 1. The number of hydrogen-bond donors (Lipinski definition) is 1. The molecule has 23 heavy (non-hydrogen) atoms. The van der Waals surface area contributed by atoms with E-state index in [0.717, 1.165) is 17.7 Å². The van der Waals surface area contributed by atoms with Crippen LogP contribution in [0.4, 0.5) is 11.4 Å². The third kappa shape index (κ3) is 4.28. The van der Waals surface area contributed by atoms with Crippen molar-refractivity contribution in [3.8, 4) is 0 Å². The van der Waals surface area contributed by atoms with Gasteiger partial charge in [0.05, 0.1) is 23.5 Å². The van der Waals surface area contributed by atoms with Gasteiger partial charge in [0.25, 0.3) is 0 Å². The van der Waals surface area contributed by atoms with Crippen molar-refractivity contribution >= 4 is 21.4 Å². The minimum absolute atomic E-state index is 0.437. The molecule has 1 aromatic heterocycles. The highest BCUT2D eigenvalue weighted by Gasteiger charge is 2.25. The van der Waals surface area contributed by atoms with Crippen molar-refractivity contribution in [1.29, 1.82) is 0 Å². The molecule has 5 nitrogen and oxygen atoms in total. The number of rotatable bonds is 8. The van der Waals surface area contributed by atoms with Gasteiger partial charge in [0.2, 0.25) is 10.0 Å². The predicted octanol–water partition coefficient (Wildman–Crippen LogP) is 3.85. The maximum atomic E-state index is 12.5. The van der Waals surface area contributed by atoms with Crippen LogP contribution in [-0.2, 0) is 16.6 Å². The molecule has 2 rings (SSSR count). The fourth-order valence-electron chi connectivity index (χ4n) is 2.20. The van der Waals surface area contributed by atoms with Crippen molar-refractivity contribution in [1.82, 2.24) is 0 Å². The predicted molar refractivity (Wildman–Crippen MR) is 94.2 cm³/mol. The number of anilines is 2. The highest BCUT2D eigenvalue weighted by molar-refractivity contribution is 7.93. The second kappa shape index (κ2) is 7.55. The molecule has 0 radical (unpaired) electrons. The van der Waals surface area contributed by atoms with Crippen molar-refractivity contribution < 1.29 is 12.8 Å². The second-order valence-electron chi connectivity index (χ2n) is 5.70. The third-order valence-corrected chi connectivity index (χ3v) is 5.76. The third-order valence-electron chi connectivity index (χ3n) is 3.56. The molecule has 0 atom stereocenters. The Balaban J connectivity index is 2.12. The Morgan fingerprint density at radius 2 is 1.87 bits per heavy atom. The summed E-state index contributed by atoms with van der Waals surface area (Å²) in [4.78, 5) is 0. The average Bonchev–Trinajstić information content (AvgIpc) is 3.04. The summed E-state index contributed by atoms with van der Waals surface area (Å²) >= 11 is 0. The number of nitrogens with zero attached hydrogens (tertiary/aromatic N) is 1. The maximum absolute atomic E-state index is 12.5. The van der Waals surface area contributed by atoms with E-state index < -0.39 is 15.3 Å². The van der Waals surface area contributed by atoms with Gasteiger partial charge in [-0.25, -0.2) is 8.42 Å². The minimum Gasteiger partial charge on any atom is -0.472 e. The number of hydrogen-bond acceptors (Lipinski definition) is 4. The topological polar surface area (TPSA) is 62.6 Å². The summed E-state index contributed by atoms with van der Waals surface area (Å²) in [5.74, 6) is 0. The lowest BCUT2D eigenvalue weighted by atomic mass is 10.2. The molecule has 2 aromatic rings. The van der Waals surface area contributed by atoms with E-state index in [1.165, 1.54) is 4.31 Å². The van der Waals surface area contributed by atoms with Crippen LogP contribution < -0.4 is 9.62 Å². The van der Waals surface area contributed by atoms with Crippen LogP contribution in [-0.4, -0.2) is 20.2 Å². The Hall–Kier alpha value is -1.95. The van der Waals surface area contributed by atoms with Gasteiger partial charge in [-0.05, 0) is 50.6 Å². The van der Waals surface area contributed by atoms with E-state index in [1.54, 1.807) is 26.4 Å². The van der Waals surface area contributed by atoms with Crippen LogP contribution in [0.1, 0.15) is 32.8 Å². The Morgan fingerprint density at radius 1 is 1.17 bits per heavy atom. The zero-order chi connectivity index (χ0) is 16.9. The normalized spacial score (nSPS) is 11.7. The van der Waals surface area contributed by atoms with E-state index in [0.29, 0.717) is 18.8 Å². The maximum Gasteiger partial charge on any atom is 0.237 e. The first-order valence-corrected chi connectivity index (χ1v) is 9.32. The molecule has 0 amide bonds. The zero-order valence-corrected chi connectivity index (χ0v) is 14.6. The van der Waals surface area contributed by atoms with E-state index in [-0.39, 0.29) is 0 Å². The van der Waals surface area contributed by atoms with Gasteiger partial charge in [0.1, 0.15) is 0 Å². The summed E-state index contributed by atoms with van der Waals surface area (Å²) in [6, 6.07) is 9.38. The van der Waals surface area contributed by atoms with E-state index >= 15 is 0 Å². The molecule has 0 saturated carbocycles. The summed E-state index contributed by atoms with van der Waals surface area (Å²) in [6.07, 6.45) is 4.10. The number of benzene rings is 1. The molecule has 1 heterocycles. The van der Waals surface area contributed by atoms with E-state index in [9.17, 15) is 8.42 Å². The number of nitrogens with one attached hydrogen (secondary N) is 1. The molecule has 126 valence electrons. The second-order valence-corrected chi connectivity index (χ2v) is 8.11. The molecule has 0 spiro atoms. The minimum atomic E-state index is -3.31. The van der Waals surface area contributed by atoms with Crippen molar-refractivity contribution in [2.24, 2.45) is 0 Å². The Labute approximate surface area is 138 Å². The summed E-state index contributed by atoms with van der Waals surface area (Å²) < 4.78 is 31.5. The quantitative estimate of drug-likeness (QED) is 0.795. The lowest BCUT2D eigenvalue weighted by Crippen LogP contribution is -2.37. The standard InChI is InChI=1S/C17H24N2O3S/c1-4-10-19(23(20,21)14(2)3)17-7-5-16(6-8-17)18-12-15-9-11-22-13-15/h5-9,11,13-14,18H,4,10,12H2,1-3H3. The van der Waals surface area contributed by atoms with Crippen molar-refractivity contribution in [3.63, 3.8) is 0 Å². The lowest BCUT2D eigenvalue weighted by Gasteiger charge is -2.26. The van der Waals surface area contributed by atoms with Crippen LogP contribution >= 0.6 is 0 Å². The smallest absolute Gasteiger partial charge is 0.237 e. The fraction of sp³-hybridized carbons (Fsp3) is 0.412. The summed E-state index contributed by atoms with van der Waals surface area (Å²) in [5.41, 5.74) is 2.70. The number of furan rings is 1. The molecular formula is C17H24N2O3S. The van der Waals surface area contributed by atoms with Crippen LogP contribution in [0.3, 0.4) is 0 Å². The average molecular weight is 336 g/mol. The van der Waals surface area contributed by atoms with E-state index in [4.69, 9.17) is 4.42 Å². The van der Waals surface area contributed by atoms with Gasteiger partial charge >= 0.3 is 0 Å². The van der Waals surface area contributed by atoms with Gasteiger partial charge in [-0.2, -0.15) is 0 Å². The highest BCUT2D eigenvalue weighted by atomic mass is 32.2. The van der Waals surface area contributed by atoms with Crippen LogP contribution in [0.5, 0.6) is 0 Å². The van der Waals surface area contributed by atoms with Crippen molar-refractivity contribution in [2.45, 2.75) is 39.0 Å². The summed E-state index contributed by atoms with van der Waals surface area (Å²) in [6.45, 7) is 6.54. The first kappa shape index (κ1) is 17.4. The monoisotopic (exact) mass is 336 g/mol. The molecular weight excluding hydrogens is 312 g/mol. The fourth-order valence-corrected chi connectivity index (χ4v) is 3.57. The Bertz CT molecular complexity index is 692. The molecule has 1 N–H and O–H groups in total. The van der Waals surface area contributed by atoms with Crippen LogP contribution in [0, 0.1) is 0 Å². The lowest BCUT2D eigenvalue weighted by molar-refractivity contribution is 0.564. The first-order chi connectivity index (χ1) is 10.9. The highest BCUT2D eigenvalue weighted by Crippen LogP contribution is 2.23. The molecule has 0 unspecified atom stereocenters. The molecule has 0 aliphatic carbocycles. The van der Waals surface area contributed by atoms with Crippen LogP contribution in [0.2, 0.25) is 0 Å². The van der Waals surface area contributed by atoms with Gasteiger partial charge in [0.15, 0.2) is 0 Å². The van der Waals surface area contributed by atoms with Crippen molar-refractivity contribution in [2.75, 3.05) is 16.2 Å². The first-order valence-electron chi connectivity index (χ1n) is 7.81. The summed E-state index contributed by atoms with van der Waals surface area (Å²) in [5, 5.41) is 2.84. The SMILES string of the molecule is CCCN(c1ccc(NCc2ccoc2)cc1)S(=O)(=O)C(C)C. The molecule has 0 aliphatic rings. The molecule has 0 aliphatic heterocycles. The van der Waals surface area contributed by atoms with E-state index in [1.807, 2.05) is 37.3 Å². The molecule has 1 aromatic carbocycles. The largest absolute Gasteiger partial charge is 0.472 e. The van der Waals surface area contributed by atoms with Gasteiger partial charge in [-0.15, -0.1) is 0 Å². The van der Waals surface area contributed by atoms with Gasteiger partial charge in [0, 0.05) is 24.3 Å².